The molecule has 14 nitrogen and oxygen atoms in total. The first kappa shape index (κ1) is 34.7. The zero-order valence-corrected chi connectivity index (χ0v) is 25.7. The summed E-state index contributed by atoms with van der Waals surface area (Å²) < 4.78 is 1.48. The maximum Gasteiger partial charge on any atom is 0.322 e. The molecular weight excluding hydrogens is 600 g/mol. The van der Waals surface area contributed by atoms with Gasteiger partial charge in [0.1, 0.15) is 18.6 Å². The standard InChI is InChI=1S/C30H38N8O6S/c1-45-13-12-22(31)18-38-19-25(36-37-38)30(44)35-24(15-21-10-6-3-7-11-21)29(43)32-16-26(39)34-23(28(42)33-17-27(40)41)14-20-8-4-2-5-9-20/h2-11,19,22-24H,12-18,31H2,1H3,(H,32,43)(H,33,42)(H,34,39)(H,35,44)(H,40,41)/t22?,23-,24-/m0/s1. The molecule has 0 aliphatic carbocycles. The lowest BCUT2D eigenvalue weighted by atomic mass is 10.0. The van der Waals surface area contributed by atoms with Crippen molar-refractivity contribution in [2.75, 3.05) is 25.1 Å². The van der Waals surface area contributed by atoms with E-state index in [1.807, 2.05) is 12.3 Å². The summed E-state index contributed by atoms with van der Waals surface area (Å²) in [5.74, 6) is -2.97. The molecule has 0 aliphatic heterocycles. The molecule has 0 saturated carbocycles. The maximum absolute atomic E-state index is 13.2. The summed E-state index contributed by atoms with van der Waals surface area (Å²) in [4.78, 5) is 62.7. The van der Waals surface area contributed by atoms with Gasteiger partial charge in [0.05, 0.1) is 19.3 Å². The molecule has 15 heteroatoms. The van der Waals surface area contributed by atoms with Crippen molar-refractivity contribution in [1.29, 1.82) is 0 Å². The van der Waals surface area contributed by atoms with Gasteiger partial charge in [0.25, 0.3) is 5.91 Å². The van der Waals surface area contributed by atoms with Gasteiger partial charge in [-0.15, -0.1) is 5.10 Å². The van der Waals surface area contributed by atoms with E-state index in [0.717, 1.165) is 23.3 Å². The minimum absolute atomic E-state index is 0.00629. The van der Waals surface area contributed by atoms with Gasteiger partial charge in [-0.2, -0.15) is 11.8 Å². The van der Waals surface area contributed by atoms with Crippen molar-refractivity contribution in [2.45, 2.75) is 43.9 Å². The largest absolute Gasteiger partial charge is 0.480 e. The fourth-order valence-electron chi connectivity index (χ4n) is 4.26. The fourth-order valence-corrected chi connectivity index (χ4v) is 4.80. The number of carboxylic acid groups (broad SMARTS) is 1. The van der Waals surface area contributed by atoms with E-state index in [2.05, 4.69) is 31.6 Å². The minimum atomic E-state index is -1.23. The van der Waals surface area contributed by atoms with Crippen molar-refractivity contribution in [3.63, 3.8) is 0 Å². The van der Waals surface area contributed by atoms with Crippen LogP contribution in [0.1, 0.15) is 28.0 Å². The molecule has 3 aromatic rings. The van der Waals surface area contributed by atoms with Gasteiger partial charge in [0.15, 0.2) is 5.69 Å². The third kappa shape index (κ3) is 12.4. The Labute approximate surface area is 264 Å². The maximum atomic E-state index is 13.2. The molecule has 4 amide bonds. The molecule has 0 saturated heterocycles. The normalized spacial score (nSPS) is 12.8. The third-order valence-corrected chi connectivity index (χ3v) is 7.21. The number of rotatable bonds is 18. The first-order valence-corrected chi connectivity index (χ1v) is 15.6. The van der Waals surface area contributed by atoms with E-state index >= 15 is 0 Å². The summed E-state index contributed by atoms with van der Waals surface area (Å²) >= 11 is 1.68. The van der Waals surface area contributed by atoms with Crippen LogP contribution in [0.25, 0.3) is 0 Å². The van der Waals surface area contributed by atoms with E-state index in [-0.39, 0.29) is 24.6 Å². The van der Waals surface area contributed by atoms with Crippen LogP contribution in [0.15, 0.2) is 66.9 Å². The van der Waals surface area contributed by atoms with Gasteiger partial charge in [-0.3, -0.25) is 28.7 Å². The molecule has 1 heterocycles. The Morgan fingerprint density at radius 2 is 1.42 bits per heavy atom. The molecule has 45 heavy (non-hydrogen) atoms. The Morgan fingerprint density at radius 3 is 1.98 bits per heavy atom. The average Bonchev–Trinajstić information content (AvgIpc) is 3.50. The van der Waals surface area contributed by atoms with Crippen molar-refractivity contribution >= 4 is 41.4 Å². The van der Waals surface area contributed by atoms with Gasteiger partial charge >= 0.3 is 5.97 Å². The van der Waals surface area contributed by atoms with Crippen LogP contribution >= 0.6 is 11.8 Å². The summed E-state index contributed by atoms with van der Waals surface area (Å²) in [5, 5.41) is 26.8. The van der Waals surface area contributed by atoms with Crippen molar-refractivity contribution in [3.8, 4) is 0 Å². The SMILES string of the molecule is CSCCC(N)Cn1cc(C(=O)N[C@@H](Cc2ccccc2)C(=O)NCC(=O)N[C@@H](Cc2ccccc2)C(=O)NCC(=O)O)nn1. The summed E-state index contributed by atoms with van der Waals surface area (Å²) in [6.45, 7) is -0.735. The van der Waals surface area contributed by atoms with E-state index < -0.39 is 54.8 Å². The number of carboxylic acids is 1. The van der Waals surface area contributed by atoms with Crippen LogP contribution in [-0.4, -0.2) is 92.9 Å². The molecular formula is C30H38N8O6S. The number of hydrogen-bond donors (Lipinski definition) is 6. The smallest absolute Gasteiger partial charge is 0.322 e. The Bertz CT molecular complexity index is 1420. The molecule has 7 N–H and O–H groups in total. The second-order valence-corrected chi connectivity index (χ2v) is 11.2. The number of nitrogens with two attached hydrogens (primary N) is 1. The van der Waals surface area contributed by atoms with Gasteiger partial charge in [-0.1, -0.05) is 65.9 Å². The highest BCUT2D eigenvalue weighted by atomic mass is 32.2. The first-order valence-electron chi connectivity index (χ1n) is 14.2. The van der Waals surface area contributed by atoms with E-state index in [9.17, 15) is 24.0 Å². The van der Waals surface area contributed by atoms with E-state index in [1.54, 1.807) is 66.4 Å². The monoisotopic (exact) mass is 638 g/mol. The molecule has 1 unspecified atom stereocenters. The van der Waals surface area contributed by atoms with Crippen LogP contribution in [0.5, 0.6) is 0 Å². The van der Waals surface area contributed by atoms with Gasteiger partial charge < -0.3 is 32.1 Å². The summed E-state index contributed by atoms with van der Waals surface area (Å²) in [6.07, 6.45) is 4.45. The Kier molecular flexibility index (Phi) is 14.0. The lowest BCUT2D eigenvalue weighted by molar-refractivity contribution is -0.138. The number of carbonyl (C=O) groups is 5. The molecule has 3 atom stereocenters. The van der Waals surface area contributed by atoms with Crippen molar-refractivity contribution in [2.24, 2.45) is 5.73 Å². The zero-order valence-electron chi connectivity index (χ0n) is 24.8. The molecule has 1 aromatic heterocycles. The fraction of sp³-hybridized carbons (Fsp3) is 0.367. The topological polar surface area (TPSA) is 210 Å². The number of nitrogens with one attached hydrogen (secondary N) is 4. The van der Waals surface area contributed by atoms with Crippen molar-refractivity contribution in [1.82, 2.24) is 36.3 Å². The average molecular weight is 639 g/mol. The summed E-state index contributed by atoms with van der Waals surface area (Å²) in [6, 6.07) is 15.6. The first-order chi connectivity index (χ1) is 21.6. The van der Waals surface area contributed by atoms with E-state index in [4.69, 9.17) is 10.8 Å². The summed E-state index contributed by atoms with van der Waals surface area (Å²) in [5.41, 5.74) is 7.63. The van der Waals surface area contributed by atoms with Gasteiger partial charge in [-0.25, -0.2) is 0 Å². The van der Waals surface area contributed by atoms with Crippen LogP contribution < -0.4 is 27.0 Å². The van der Waals surface area contributed by atoms with Crippen molar-refractivity contribution in [3.05, 3.63) is 83.7 Å². The molecule has 0 bridgehead atoms. The second kappa shape index (κ2) is 18.1. The number of nitrogens with zero attached hydrogens (tertiary/aromatic N) is 3. The Morgan fingerprint density at radius 1 is 0.867 bits per heavy atom. The number of thioether (sulfide) groups is 1. The van der Waals surface area contributed by atoms with Crippen LogP contribution in [0.3, 0.4) is 0 Å². The summed E-state index contributed by atoms with van der Waals surface area (Å²) in [7, 11) is 0. The number of aromatic nitrogens is 3. The van der Waals surface area contributed by atoms with Crippen LogP contribution in [0, 0.1) is 0 Å². The highest BCUT2D eigenvalue weighted by Crippen LogP contribution is 2.07. The van der Waals surface area contributed by atoms with Gasteiger partial charge in [0, 0.05) is 18.9 Å². The molecule has 2 aromatic carbocycles. The van der Waals surface area contributed by atoms with Gasteiger partial charge in [-0.05, 0) is 29.6 Å². The Hall–Kier alpha value is -4.76. The van der Waals surface area contributed by atoms with Crippen LogP contribution in [0.4, 0.5) is 0 Å². The number of benzene rings is 2. The van der Waals surface area contributed by atoms with Gasteiger partial charge in [0.2, 0.25) is 17.7 Å². The number of aliphatic carboxylic acids is 1. The zero-order chi connectivity index (χ0) is 32.6. The molecule has 0 radical (unpaired) electrons. The third-order valence-electron chi connectivity index (χ3n) is 6.56. The van der Waals surface area contributed by atoms with Crippen molar-refractivity contribution < 1.29 is 29.1 Å². The van der Waals surface area contributed by atoms with E-state index in [1.165, 1.54) is 10.9 Å². The second-order valence-electron chi connectivity index (χ2n) is 10.2. The number of hydrogen-bond acceptors (Lipinski definition) is 9. The molecule has 0 fully saturated rings. The highest BCUT2D eigenvalue weighted by Gasteiger charge is 2.26. The highest BCUT2D eigenvalue weighted by molar-refractivity contribution is 7.98. The number of carbonyl (C=O) groups excluding carboxylic acids is 4. The van der Waals surface area contributed by atoms with E-state index in [0.29, 0.717) is 6.54 Å². The molecule has 3 rings (SSSR count). The predicted molar refractivity (Wildman–Crippen MR) is 168 cm³/mol. The Balaban J connectivity index is 1.64. The molecule has 240 valence electrons. The van der Waals surface area contributed by atoms with Crippen LogP contribution in [0.2, 0.25) is 0 Å². The van der Waals surface area contributed by atoms with Crippen LogP contribution in [-0.2, 0) is 38.6 Å². The lowest BCUT2D eigenvalue weighted by Crippen LogP contribution is -2.53. The predicted octanol–water partition coefficient (Wildman–Crippen LogP) is -0.256. The molecule has 0 aliphatic rings. The quantitative estimate of drug-likeness (QED) is 0.108. The molecule has 0 spiro atoms. The number of amides is 4. The lowest BCUT2D eigenvalue weighted by Gasteiger charge is -2.20. The minimum Gasteiger partial charge on any atom is -0.480 e.